The van der Waals surface area contributed by atoms with Gasteiger partial charge in [0.1, 0.15) is 0 Å². The summed E-state index contributed by atoms with van der Waals surface area (Å²) in [6.07, 6.45) is 10.3. The van der Waals surface area contributed by atoms with Crippen molar-refractivity contribution in [1.29, 1.82) is 0 Å². The van der Waals surface area contributed by atoms with E-state index >= 15 is 0 Å². The number of hydrogen-bond acceptors (Lipinski definition) is 0. The highest BCUT2D eigenvalue weighted by Gasteiger charge is 2.26. The van der Waals surface area contributed by atoms with E-state index in [9.17, 15) is 0 Å². The molecule has 1 fully saturated rings. The average molecular weight is 220 g/mol. The van der Waals surface area contributed by atoms with Crippen LogP contribution < -0.4 is 0 Å². The minimum atomic E-state index is 0.757. The number of hydrogen-bond donors (Lipinski definition) is 0. The van der Waals surface area contributed by atoms with Crippen molar-refractivity contribution in [2.24, 2.45) is 17.8 Å². The summed E-state index contributed by atoms with van der Waals surface area (Å²) in [5.74, 6) is 2.39. The summed E-state index contributed by atoms with van der Waals surface area (Å²) in [6.45, 7) is 11.4. The highest BCUT2D eigenvalue weighted by molar-refractivity contribution is 5.14. The Bertz CT molecular complexity index is 270. The van der Waals surface area contributed by atoms with Crippen molar-refractivity contribution in [2.75, 3.05) is 0 Å². The van der Waals surface area contributed by atoms with Crippen LogP contribution in [0.5, 0.6) is 0 Å². The van der Waals surface area contributed by atoms with Crippen LogP contribution >= 0.6 is 0 Å². The zero-order valence-electron chi connectivity index (χ0n) is 11.7. The highest BCUT2D eigenvalue weighted by Crippen LogP contribution is 2.38. The van der Waals surface area contributed by atoms with Gasteiger partial charge in [-0.05, 0) is 57.8 Å². The summed E-state index contributed by atoms with van der Waals surface area (Å²) in [5.41, 5.74) is 3.19. The third kappa shape index (κ3) is 3.23. The fraction of sp³-hybridized carbons (Fsp3) is 0.750. The molecule has 0 aromatic carbocycles. The van der Waals surface area contributed by atoms with Gasteiger partial charge in [-0.15, -0.1) is 0 Å². The average Bonchev–Trinajstić information content (AvgIpc) is 2.74. The van der Waals surface area contributed by atoms with Crippen LogP contribution in [0.25, 0.3) is 0 Å². The molecule has 16 heavy (non-hydrogen) atoms. The molecule has 1 aliphatic rings. The summed E-state index contributed by atoms with van der Waals surface area (Å²) >= 11 is 0. The van der Waals surface area contributed by atoms with Gasteiger partial charge < -0.3 is 0 Å². The second-order valence-electron chi connectivity index (χ2n) is 5.45. The first-order chi connectivity index (χ1) is 7.60. The molecule has 0 aromatic heterocycles. The maximum absolute atomic E-state index is 2.57. The Morgan fingerprint density at radius 1 is 1.31 bits per heavy atom. The summed E-state index contributed by atoms with van der Waals surface area (Å²) in [7, 11) is 0. The minimum Gasteiger partial charge on any atom is -0.0884 e. The summed E-state index contributed by atoms with van der Waals surface area (Å²) in [5, 5.41) is 0. The molecular weight excluding hydrogens is 192 g/mol. The van der Waals surface area contributed by atoms with E-state index in [0.717, 1.165) is 17.8 Å². The van der Waals surface area contributed by atoms with E-state index < -0.39 is 0 Å². The van der Waals surface area contributed by atoms with E-state index in [1.54, 1.807) is 11.1 Å². The first-order valence-corrected chi connectivity index (χ1v) is 6.91. The maximum Gasteiger partial charge on any atom is -0.0143 e. The van der Waals surface area contributed by atoms with Crippen molar-refractivity contribution in [2.45, 2.75) is 60.3 Å². The van der Waals surface area contributed by atoms with Gasteiger partial charge in [-0.2, -0.15) is 0 Å². The Balaban J connectivity index is 2.72. The minimum absolute atomic E-state index is 0.757. The zero-order chi connectivity index (χ0) is 12.1. The first kappa shape index (κ1) is 13.5. The molecule has 0 saturated heterocycles. The van der Waals surface area contributed by atoms with E-state index in [2.05, 4.69) is 46.8 Å². The van der Waals surface area contributed by atoms with Crippen LogP contribution in [0.2, 0.25) is 0 Å². The van der Waals surface area contributed by atoms with Crippen LogP contribution in [0.15, 0.2) is 23.3 Å². The third-order valence-corrected chi connectivity index (χ3v) is 4.48. The molecule has 0 bridgehead atoms. The van der Waals surface area contributed by atoms with Crippen LogP contribution in [0, 0.1) is 17.8 Å². The van der Waals surface area contributed by atoms with E-state index in [1.807, 2.05) is 0 Å². The van der Waals surface area contributed by atoms with Crippen molar-refractivity contribution in [3.63, 3.8) is 0 Å². The number of allylic oxidation sites excluding steroid dienone is 4. The van der Waals surface area contributed by atoms with Crippen LogP contribution in [0.3, 0.4) is 0 Å². The second kappa shape index (κ2) is 6.27. The quantitative estimate of drug-likeness (QED) is 0.559. The van der Waals surface area contributed by atoms with Gasteiger partial charge in [0.05, 0.1) is 0 Å². The topological polar surface area (TPSA) is 0 Å². The maximum atomic E-state index is 2.57. The van der Waals surface area contributed by atoms with Crippen LogP contribution in [0.4, 0.5) is 0 Å². The third-order valence-electron chi connectivity index (χ3n) is 4.48. The van der Waals surface area contributed by atoms with Crippen LogP contribution in [-0.4, -0.2) is 0 Å². The fourth-order valence-corrected chi connectivity index (χ4v) is 2.79. The molecule has 0 heteroatoms. The predicted octanol–water partition coefficient (Wildman–Crippen LogP) is 5.36. The summed E-state index contributed by atoms with van der Waals surface area (Å²) < 4.78 is 0. The Hall–Kier alpha value is -0.520. The smallest absolute Gasteiger partial charge is 0.0143 e. The molecule has 0 spiro atoms. The molecule has 0 amide bonds. The van der Waals surface area contributed by atoms with Gasteiger partial charge >= 0.3 is 0 Å². The first-order valence-electron chi connectivity index (χ1n) is 6.91. The lowest BCUT2D eigenvalue weighted by atomic mass is 9.86. The molecule has 1 aliphatic carbocycles. The molecule has 3 unspecified atom stereocenters. The molecule has 0 aromatic rings. The Morgan fingerprint density at radius 2 is 2.00 bits per heavy atom. The SMILES string of the molecule is CC=C(C)C1CCCC1C=C(C)C(C)CC. The van der Waals surface area contributed by atoms with Crippen molar-refractivity contribution >= 4 is 0 Å². The Morgan fingerprint density at radius 3 is 2.56 bits per heavy atom. The Labute approximate surface area is 102 Å². The molecule has 0 radical (unpaired) electrons. The second-order valence-corrected chi connectivity index (χ2v) is 5.45. The van der Waals surface area contributed by atoms with Gasteiger partial charge in [-0.1, -0.05) is 43.6 Å². The molecule has 1 saturated carbocycles. The fourth-order valence-electron chi connectivity index (χ4n) is 2.79. The lowest BCUT2D eigenvalue weighted by molar-refractivity contribution is 0.517. The normalized spacial score (nSPS) is 29.6. The Kier molecular flexibility index (Phi) is 5.31. The molecule has 1 rings (SSSR count). The van der Waals surface area contributed by atoms with Gasteiger partial charge in [-0.3, -0.25) is 0 Å². The van der Waals surface area contributed by atoms with E-state index in [1.165, 1.54) is 25.7 Å². The molecule has 0 heterocycles. The zero-order valence-corrected chi connectivity index (χ0v) is 11.7. The van der Waals surface area contributed by atoms with Gasteiger partial charge in [-0.25, -0.2) is 0 Å². The summed E-state index contributed by atoms with van der Waals surface area (Å²) in [6, 6.07) is 0. The van der Waals surface area contributed by atoms with Gasteiger partial charge in [0, 0.05) is 0 Å². The highest BCUT2D eigenvalue weighted by atomic mass is 14.3. The predicted molar refractivity (Wildman–Crippen MR) is 73.5 cm³/mol. The van der Waals surface area contributed by atoms with Gasteiger partial charge in [0.2, 0.25) is 0 Å². The van der Waals surface area contributed by atoms with Gasteiger partial charge in [0.15, 0.2) is 0 Å². The number of rotatable bonds is 4. The van der Waals surface area contributed by atoms with E-state index in [-0.39, 0.29) is 0 Å². The lowest BCUT2D eigenvalue weighted by Crippen LogP contribution is -2.08. The molecule has 3 atom stereocenters. The van der Waals surface area contributed by atoms with Crippen molar-refractivity contribution in [3.8, 4) is 0 Å². The molecule has 0 N–H and O–H groups in total. The van der Waals surface area contributed by atoms with Crippen molar-refractivity contribution in [1.82, 2.24) is 0 Å². The van der Waals surface area contributed by atoms with Gasteiger partial charge in [0.25, 0.3) is 0 Å². The molecule has 0 aliphatic heterocycles. The summed E-state index contributed by atoms with van der Waals surface area (Å²) in [4.78, 5) is 0. The molecular formula is C16H28. The molecule has 0 nitrogen and oxygen atoms in total. The monoisotopic (exact) mass is 220 g/mol. The van der Waals surface area contributed by atoms with Crippen molar-refractivity contribution in [3.05, 3.63) is 23.3 Å². The van der Waals surface area contributed by atoms with Crippen molar-refractivity contribution < 1.29 is 0 Å². The molecule has 92 valence electrons. The van der Waals surface area contributed by atoms with E-state index in [4.69, 9.17) is 0 Å². The van der Waals surface area contributed by atoms with Crippen LogP contribution in [0.1, 0.15) is 60.3 Å². The van der Waals surface area contributed by atoms with Crippen LogP contribution in [-0.2, 0) is 0 Å². The lowest BCUT2D eigenvalue weighted by Gasteiger charge is -2.19. The largest absolute Gasteiger partial charge is 0.0884 e. The van der Waals surface area contributed by atoms with E-state index in [0.29, 0.717) is 0 Å². The standard InChI is InChI=1S/C16H28/c1-6-12(3)14(5)11-15-9-8-10-16(15)13(4)7-2/h7,11-12,15-16H,6,8-10H2,1-5H3.